The molecule has 1 nitrogen and oxygen atoms in total. The predicted molar refractivity (Wildman–Crippen MR) is 80.1 cm³/mol. The minimum Gasteiger partial charge on any atom is -0.311 e. The van der Waals surface area contributed by atoms with Gasteiger partial charge in [-0.2, -0.15) is 13.2 Å². The van der Waals surface area contributed by atoms with E-state index in [-0.39, 0.29) is 0 Å². The quantitative estimate of drug-likeness (QED) is 0.697. The summed E-state index contributed by atoms with van der Waals surface area (Å²) in [5, 5.41) is 3.66. The summed E-state index contributed by atoms with van der Waals surface area (Å²) in [5.74, 6) is 0.527. The maximum absolute atomic E-state index is 12.7. The van der Waals surface area contributed by atoms with E-state index in [0.717, 1.165) is 11.8 Å². The fraction of sp³-hybridized carbons (Fsp3) is 1.00. The van der Waals surface area contributed by atoms with Crippen molar-refractivity contribution in [3.05, 3.63) is 0 Å². The second kappa shape index (κ2) is 7.34. The van der Waals surface area contributed by atoms with E-state index in [4.69, 9.17) is 0 Å². The summed E-state index contributed by atoms with van der Waals surface area (Å²) < 4.78 is 38.0. The Morgan fingerprint density at radius 3 is 1.95 bits per heavy atom. The lowest BCUT2D eigenvalue weighted by Gasteiger charge is -2.33. The molecule has 2 fully saturated rings. The molecular weight excluding hydrogens is 275 g/mol. The highest BCUT2D eigenvalue weighted by molar-refractivity contribution is 4.84. The van der Waals surface area contributed by atoms with Crippen molar-refractivity contribution < 1.29 is 13.2 Å². The molecule has 2 aliphatic rings. The summed E-state index contributed by atoms with van der Waals surface area (Å²) in [6.45, 7) is 4.60. The molecule has 1 N–H and O–H groups in total. The van der Waals surface area contributed by atoms with Crippen molar-refractivity contribution in [3.8, 4) is 0 Å². The third-order valence-corrected chi connectivity index (χ3v) is 5.62. The van der Waals surface area contributed by atoms with Crippen molar-refractivity contribution in [2.24, 2.45) is 17.8 Å². The summed E-state index contributed by atoms with van der Waals surface area (Å²) in [6.07, 6.45) is 4.25. The largest absolute Gasteiger partial charge is 0.391 e. The van der Waals surface area contributed by atoms with Crippen molar-refractivity contribution >= 4 is 0 Å². The second-order valence-electron chi connectivity index (χ2n) is 7.47. The van der Waals surface area contributed by atoms with Crippen LogP contribution in [0.25, 0.3) is 0 Å². The Labute approximate surface area is 127 Å². The van der Waals surface area contributed by atoms with Crippen LogP contribution in [0.3, 0.4) is 0 Å². The molecule has 0 aliphatic heterocycles. The van der Waals surface area contributed by atoms with Gasteiger partial charge in [0.15, 0.2) is 0 Å². The van der Waals surface area contributed by atoms with Crippen LogP contribution >= 0.6 is 0 Å². The van der Waals surface area contributed by atoms with Gasteiger partial charge in [0.25, 0.3) is 0 Å². The van der Waals surface area contributed by atoms with E-state index >= 15 is 0 Å². The van der Waals surface area contributed by atoms with Crippen LogP contribution in [0.5, 0.6) is 0 Å². The number of hydrogen-bond donors (Lipinski definition) is 1. The number of alkyl halides is 3. The van der Waals surface area contributed by atoms with E-state index in [9.17, 15) is 13.2 Å². The van der Waals surface area contributed by atoms with Crippen molar-refractivity contribution in [3.63, 3.8) is 0 Å². The molecule has 4 heteroatoms. The number of hydrogen-bond acceptors (Lipinski definition) is 1. The molecule has 0 heterocycles. The first-order chi connectivity index (χ1) is 9.86. The van der Waals surface area contributed by atoms with Crippen LogP contribution in [0, 0.1) is 17.8 Å². The molecule has 0 radical (unpaired) electrons. The first kappa shape index (κ1) is 17.1. The van der Waals surface area contributed by atoms with Crippen LogP contribution in [-0.4, -0.2) is 18.3 Å². The van der Waals surface area contributed by atoms with Crippen LogP contribution in [0.15, 0.2) is 0 Å². The monoisotopic (exact) mass is 305 g/mol. The zero-order chi connectivity index (χ0) is 15.5. The Morgan fingerprint density at radius 2 is 1.38 bits per heavy atom. The molecule has 0 aromatic rings. The molecule has 0 amide bonds. The molecule has 0 aromatic carbocycles. The van der Waals surface area contributed by atoms with Gasteiger partial charge in [-0.05, 0) is 56.8 Å². The fourth-order valence-electron chi connectivity index (χ4n) is 4.08. The molecule has 21 heavy (non-hydrogen) atoms. The zero-order valence-electron chi connectivity index (χ0n) is 13.4. The van der Waals surface area contributed by atoms with E-state index in [1.165, 1.54) is 32.1 Å². The van der Waals surface area contributed by atoms with Gasteiger partial charge in [-0.15, -0.1) is 0 Å². The maximum Gasteiger partial charge on any atom is 0.391 e. The molecular formula is C17H30F3N. The molecule has 124 valence electrons. The van der Waals surface area contributed by atoms with Crippen LogP contribution in [0.1, 0.15) is 71.6 Å². The average Bonchev–Trinajstić information content (AvgIpc) is 2.64. The van der Waals surface area contributed by atoms with Crippen molar-refractivity contribution in [2.45, 2.75) is 89.9 Å². The molecule has 2 atom stereocenters. The second-order valence-corrected chi connectivity index (χ2v) is 7.47. The van der Waals surface area contributed by atoms with E-state index in [1.54, 1.807) is 0 Å². The van der Waals surface area contributed by atoms with Gasteiger partial charge >= 0.3 is 6.18 Å². The lowest BCUT2D eigenvalue weighted by molar-refractivity contribution is -0.182. The molecule has 2 aliphatic carbocycles. The minimum absolute atomic E-state index is 0.308. The minimum atomic E-state index is -3.99. The Kier molecular flexibility index (Phi) is 5.98. The van der Waals surface area contributed by atoms with E-state index in [0.29, 0.717) is 37.8 Å². The lowest BCUT2D eigenvalue weighted by atomic mass is 9.85. The Balaban J connectivity index is 1.74. The Morgan fingerprint density at radius 1 is 0.810 bits per heavy atom. The highest BCUT2D eigenvalue weighted by atomic mass is 19.4. The lowest BCUT2D eigenvalue weighted by Crippen LogP contribution is -2.42. The standard InChI is InChI=1S/C17H30F3N/c1-12(2)13-4-3-5-15(9-6-13)21-16-10-7-14(8-11-16)17(18,19)20/h12-16,21H,3-11H2,1-2H3. The van der Waals surface area contributed by atoms with E-state index in [1.807, 2.05) is 0 Å². The molecule has 2 unspecified atom stereocenters. The van der Waals surface area contributed by atoms with Gasteiger partial charge in [0, 0.05) is 12.1 Å². The fourth-order valence-corrected chi connectivity index (χ4v) is 4.08. The molecule has 2 saturated carbocycles. The number of halogens is 3. The zero-order valence-corrected chi connectivity index (χ0v) is 13.4. The topological polar surface area (TPSA) is 12.0 Å². The van der Waals surface area contributed by atoms with Gasteiger partial charge in [0.05, 0.1) is 5.92 Å². The van der Waals surface area contributed by atoms with Crippen LogP contribution in [0.4, 0.5) is 13.2 Å². The maximum atomic E-state index is 12.7. The first-order valence-electron chi connectivity index (χ1n) is 8.69. The van der Waals surface area contributed by atoms with Crippen LogP contribution in [-0.2, 0) is 0 Å². The molecule has 0 aromatic heterocycles. The summed E-state index contributed by atoms with van der Waals surface area (Å²) in [4.78, 5) is 0. The van der Waals surface area contributed by atoms with Crippen LogP contribution < -0.4 is 5.32 Å². The van der Waals surface area contributed by atoms with E-state index < -0.39 is 12.1 Å². The van der Waals surface area contributed by atoms with Gasteiger partial charge in [-0.25, -0.2) is 0 Å². The molecule has 0 saturated heterocycles. The van der Waals surface area contributed by atoms with Gasteiger partial charge in [-0.3, -0.25) is 0 Å². The van der Waals surface area contributed by atoms with Gasteiger partial charge in [-0.1, -0.05) is 26.7 Å². The Bertz CT molecular complexity index is 306. The molecule has 0 spiro atoms. The summed E-state index contributed by atoms with van der Waals surface area (Å²) in [7, 11) is 0. The summed E-state index contributed by atoms with van der Waals surface area (Å²) in [5.41, 5.74) is 0. The molecule has 0 bridgehead atoms. The van der Waals surface area contributed by atoms with Gasteiger partial charge in [0.1, 0.15) is 0 Å². The first-order valence-corrected chi connectivity index (χ1v) is 8.69. The predicted octanol–water partition coefficient (Wildman–Crippen LogP) is 5.30. The van der Waals surface area contributed by atoms with E-state index in [2.05, 4.69) is 19.2 Å². The smallest absolute Gasteiger partial charge is 0.311 e. The van der Waals surface area contributed by atoms with Crippen molar-refractivity contribution in [1.82, 2.24) is 5.32 Å². The SMILES string of the molecule is CC(C)C1CCCC(NC2CCC(C(F)(F)F)CC2)CC1. The Hall–Kier alpha value is -0.250. The molecule has 2 rings (SSSR count). The average molecular weight is 305 g/mol. The number of rotatable bonds is 3. The number of nitrogens with one attached hydrogen (secondary N) is 1. The van der Waals surface area contributed by atoms with Gasteiger partial charge < -0.3 is 5.32 Å². The highest BCUT2D eigenvalue weighted by Gasteiger charge is 2.41. The summed E-state index contributed by atoms with van der Waals surface area (Å²) >= 11 is 0. The third kappa shape index (κ3) is 5.15. The van der Waals surface area contributed by atoms with Crippen LogP contribution in [0.2, 0.25) is 0 Å². The van der Waals surface area contributed by atoms with Crippen molar-refractivity contribution in [2.75, 3.05) is 0 Å². The summed E-state index contributed by atoms with van der Waals surface area (Å²) in [6, 6.07) is 0.838. The van der Waals surface area contributed by atoms with Crippen molar-refractivity contribution in [1.29, 1.82) is 0 Å². The van der Waals surface area contributed by atoms with Gasteiger partial charge in [0.2, 0.25) is 0 Å². The third-order valence-electron chi connectivity index (χ3n) is 5.62. The normalized spacial score (nSPS) is 35.7. The highest BCUT2D eigenvalue weighted by Crippen LogP contribution is 2.38.